The number of hydrogen-bond acceptors (Lipinski definition) is 8. The third-order valence-electron chi connectivity index (χ3n) is 6.08. The van der Waals surface area contributed by atoms with Crippen molar-refractivity contribution in [2.45, 2.75) is 6.54 Å². The zero-order valence-corrected chi connectivity index (χ0v) is 22.4. The Bertz CT molecular complexity index is 1460. The van der Waals surface area contributed by atoms with Gasteiger partial charge < -0.3 is 33.5 Å². The number of ether oxygens (including phenoxy) is 6. The highest BCUT2D eigenvalue weighted by Crippen LogP contribution is 2.50. The maximum Gasteiger partial charge on any atom is 0.341 e. The molecule has 10 nitrogen and oxygen atoms in total. The fraction of sp³-hybridized carbons (Fsp3) is 0.241. The van der Waals surface area contributed by atoms with Crippen LogP contribution in [-0.4, -0.2) is 63.0 Å². The lowest BCUT2D eigenvalue weighted by atomic mass is 10.0. The average molecular weight is 535 g/mol. The number of aliphatic carboxylic acids is 1. The first-order chi connectivity index (χ1) is 18.9. The summed E-state index contributed by atoms with van der Waals surface area (Å²) in [4.78, 5) is 11.4. The first kappa shape index (κ1) is 27.2. The number of benzene rings is 3. The van der Waals surface area contributed by atoms with E-state index in [1.165, 1.54) is 21.3 Å². The van der Waals surface area contributed by atoms with Crippen LogP contribution in [0.1, 0.15) is 5.56 Å². The number of methoxy groups -OCH3 is 5. The predicted octanol–water partition coefficient (Wildman–Crippen LogP) is 4.77. The maximum atomic E-state index is 11.4. The molecule has 0 aliphatic carbocycles. The van der Waals surface area contributed by atoms with Gasteiger partial charge in [-0.25, -0.2) is 4.79 Å². The van der Waals surface area contributed by atoms with E-state index in [0.29, 0.717) is 35.1 Å². The molecule has 39 heavy (non-hydrogen) atoms. The molecule has 0 aliphatic rings. The van der Waals surface area contributed by atoms with Gasteiger partial charge in [0.15, 0.2) is 18.1 Å². The zero-order chi connectivity index (χ0) is 27.9. The largest absolute Gasteiger partial charge is 0.496 e. The first-order valence-electron chi connectivity index (χ1n) is 12.0. The molecule has 0 fully saturated rings. The van der Waals surface area contributed by atoms with Crippen LogP contribution in [0.2, 0.25) is 0 Å². The number of carbonyl (C=O) groups is 1. The highest BCUT2D eigenvalue weighted by Gasteiger charge is 2.27. The Kier molecular flexibility index (Phi) is 8.45. The van der Waals surface area contributed by atoms with Crippen LogP contribution in [0, 0.1) is 0 Å². The first-order valence-corrected chi connectivity index (χ1v) is 12.0. The van der Waals surface area contributed by atoms with Gasteiger partial charge in [0.2, 0.25) is 5.75 Å². The SMILES string of the molecule is COc1ccccc1Cn1nc(-c2c(OCC(=O)O)cc(OC)c(OC)c2OC)cc1-c1ccccc1OC. The van der Waals surface area contributed by atoms with Gasteiger partial charge in [-0.3, -0.25) is 4.68 Å². The molecule has 204 valence electrons. The molecule has 0 saturated heterocycles. The van der Waals surface area contributed by atoms with Gasteiger partial charge in [0.25, 0.3) is 0 Å². The minimum atomic E-state index is -1.13. The highest BCUT2D eigenvalue weighted by atomic mass is 16.5. The van der Waals surface area contributed by atoms with Crippen LogP contribution in [0.25, 0.3) is 22.5 Å². The lowest BCUT2D eigenvalue weighted by Crippen LogP contribution is -2.11. The minimum Gasteiger partial charge on any atom is -0.496 e. The summed E-state index contributed by atoms with van der Waals surface area (Å²) in [5.41, 5.74) is 3.33. The molecule has 1 heterocycles. The van der Waals surface area contributed by atoms with Crippen molar-refractivity contribution in [3.05, 3.63) is 66.2 Å². The van der Waals surface area contributed by atoms with Gasteiger partial charge in [0, 0.05) is 17.2 Å². The standard InChI is InChI=1S/C29H30N2O8/c1-34-22-12-8-6-10-18(22)16-31-21(19-11-7-9-13-23(19)35-2)14-20(30-31)27-24(39-17-26(32)33)15-25(36-3)28(37-4)29(27)38-5/h6-15H,16-17H2,1-5H3,(H,32,33). The second-order valence-corrected chi connectivity index (χ2v) is 8.29. The molecule has 0 bridgehead atoms. The summed E-state index contributed by atoms with van der Waals surface area (Å²) in [7, 11) is 7.67. The number of carboxylic acids is 1. The molecule has 0 unspecified atom stereocenters. The van der Waals surface area contributed by atoms with Crippen LogP contribution in [-0.2, 0) is 11.3 Å². The average Bonchev–Trinajstić information content (AvgIpc) is 3.37. The van der Waals surface area contributed by atoms with Gasteiger partial charge in [0.05, 0.1) is 53.4 Å². The third-order valence-corrected chi connectivity index (χ3v) is 6.08. The predicted molar refractivity (Wildman–Crippen MR) is 145 cm³/mol. The van der Waals surface area contributed by atoms with E-state index in [9.17, 15) is 9.90 Å². The molecule has 3 aromatic carbocycles. The lowest BCUT2D eigenvalue weighted by Gasteiger charge is -2.18. The lowest BCUT2D eigenvalue weighted by molar-refractivity contribution is -0.139. The second kappa shape index (κ2) is 12.1. The van der Waals surface area contributed by atoms with Crippen molar-refractivity contribution < 1.29 is 38.3 Å². The van der Waals surface area contributed by atoms with Crippen molar-refractivity contribution in [1.82, 2.24) is 9.78 Å². The van der Waals surface area contributed by atoms with Crippen molar-refractivity contribution in [3.63, 3.8) is 0 Å². The van der Waals surface area contributed by atoms with Crippen LogP contribution in [0.3, 0.4) is 0 Å². The Morgan fingerprint density at radius 2 is 1.41 bits per heavy atom. The van der Waals surface area contributed by atoms with E-state index in [0.717, 1.165) is 22.6 Å². The van der Waals surface area contributed by atoms with E-state index < -0.39 is 12.6 Å². The van der Waals surface area contributed by atoms with Crippen molar-refractivity contribution in [2.75, 3.05) is 42.2 Å². The van der Waals surface area contributed by atoms with Crippen LogP contribution >= 0.6 is 0 Å². The smallest absolute Gasteiger partial charge is 0.341 e. The van der Waals surface area contributed by atoms with Gasteiger partial charge in [-0.2, -0.15) is 5.10 Å². The van der Waals surface area contributed by atoms with Crippen molar-refractivity contribution in [3.8, 4) is 57.0 Å². The quantitative estimate of drug-likeness (QED) is 0.275. The van der Waals surface area contributed by atoms with Gasteiger partial charge >= 0.3 is 5.97 Å². The minimum absolute atomic E-state index is 0.209. The summed E-state index contributed by atoms with van der Waals surface area (Å²) in [6, 6.07) is 18.7. The van der Waals surface area contributed by atoms with Gasteiger partial charge in [0.1, 0.15) is 22.9 Å². The molecule has 1 aromatic heterocycles. The van der Waals surface area contributed by atoms with E-state index in [1.807, 2.05) is 59.3 Å². The molecule has 10 heteroatoms. The van der Waals surface area contributed by atoms with Crippen LogP contribution in [0.15, 0.2) is 60.7 Å². The summed E-state index contributed by atoms with van der Waals surface area (Å²) < 4.78 is 35.5. The second-order valence-electron chi connectivity index (χ2n) is 8.29. The molecule has 0 radical (unpaired) electrons. The van der Waals surface area contributed by atoms with Crippen molar-refractivity contribution in [1.29, 1.82) is 0 Å². The normalized spacial score (nSPS) is 10.6. The fourth-order valence-electron chi connectivity index (χ4n) is 4.36. The molecule has 1 N–H and O–H groups in total. The molecule has 0 spiro atoms. The number of para-hydroxylation sites is 2. The van der Waals surface area contributed by atoms with Gasteiger partial charge in [-0.05, 0) is 24.3 Å². The number of carboxylic acid groups (broad SMARTS) is 1. The Morgan fingerprint density at radius 3 is 2.05 bits per heavy atom. The summed E-state index contributed by atoms with van der Waals surface area (Å²) in [6.07, 6.45) is 0. The number of aromatic nitrogens is 2. The Morgan fingerprint density at radius 1 is 0.769 bits per heavy atom. The zero-order valence-electron chi connectivity index (χ0n) is 22.4. The molecular weight excluding hydrogens is 504 g/mol. The summed E-state index contributed by atoms with van der Waals surface area (Å²) in [6.45, 7) is -0.203. The van der Waals surface area contributed by atoms with Gasteiger partial charge in [-0.1, -0.05) is 30.3 Å². The van der Waals surface area contributed by atoms with Crippen molar-refractivity contribution in [2.24, 2.45) is 0 Å². The summed E-state index contributed by atoms with van der Waals surface area (Å²) >= 11 is 0. The summed E-state index contributed by atoms with van der Waals surface area (Å²) in [5, 5.41) is 14.2. The topological polar surface area (TPSA) is 111 Å². The molecule has 4 aromatic rings. The van der Waals surface area contributed by atoms with Crippen LogP contribution in [0.4, 0.5) is 0 Å². The van der Waals surface area contributed by atoms with Crippen LogP contribution in [0.5, 0.6) is 34.5 Å². The maximum absolute atomic E-state index is 11.4. The molecule has 0 aliphatic heterocycles. The number of rotatable bonds is 12. The van der Waals surface area contributed by atoms with E-state index in [1.54, 1.807) is 20.3 Å². The number of hydrogen-bond donors (Lipinski definition) is 1. The highest BCUT2D eigenvalue weighted by molar-refractivity contribution is 5.83. The van der Waals surface area contributed by atoms with Crippen LogP contribution < -0.4 is 28.4 Å². The monoisotopic (exact) mass is 534 g/mol. The molecule has 0 atom stereocenters. The third kappa shape index (κ3) is 5.54. The molecule has 4 rings (SSSR count). The van der Waals surface area contributed by atoms with E-state index in [-0.39, 0.29) is 11.5 Å². The van der Waals surface area contributed by atoms with E-state index in [4.69, 9.17) is 33.5 Å². The summed E-state index contributed by atoms with van der Waals surface area (Å²) in [5.74, 6) is 1.37. The Hall–Kier alpha value is -4.86. The molecule has 0 saturated carbocycles. The Labute approximate surface area is 226 Å². The van der Waals surface area contributed by atoms with E-state index in [2.05, 4.69) is 0 Å². The van der Waals surface area contributed by atoms with Gasteiger partial charge in [-0.15, -0.1) is 0 Å². The fourth-order valence-corrected chi connectivity index (χ4v) is 4.36. The number of nitrogens with zero attached hydrogens (tertiary/aromatic N) is 2. The Balaban J connectivity index is 1.99. The molecule has 0 amide bonds. The van der Waals surface area contributed by atoms with Crippen molar-refractivity contribution >= 4 is 5.97 Å². The van der Waals surface area contributed by atoms with E-state index >= 15 is 0 Å². The molecular formula is C29H30N2O8.